The molecule has 2 aliphatic heterocycles. The molecule has 0 bridgehead atoms. The van der Waals surface area contributed by atoms with E-state index in [2.05, 4.69) is 348 Å². The topological polar surface area (TPSA) is 21.3 Å². The molecule has 20 aromatic carbocycles. The van der Waals surface area contributed by atoms with Crippen LogP contribution >= 0.6 is 0 Å². The Morgan fingerprint density at radius 2 is 0.588 bits per heavy atom. The van der Waals surface area contributed by atoms with Crippen molar-refractivity contribution in [1.29, 1.82) is 0 Å². The third kappa shape index (κ3) is 10.4. The van der Waals surface area contributed by atoms with Crippen LogP contribution in [0.2, 0.25) is 0 Å². The van der Waals surface area contributed by atoms with E-state index in [4.69, 9.17) is 0 Å². The van der Waals surface area contributed by atoms with Crippen molar-refractivity contribution < 1.29 is 19.2 Å². The summed E-state index contributed by atoms with van der Waals surface area (Å²) >= 11 is 0. The molecule has 0 unspecified atom stereocenters. The quantitative estimate of drug-likeness (QED) is 0.141. The average Bonchev–Trinajstić information content (AvgIpc) is 1.51. The second-order valence-electron chi connectivity index (χ2n) is 39.3. The summed E-state index contributed by atoms with van der Waals surface area (Å²) in [6, 6.07) is 122. The van der Waals surface area contributed by atoms with Gasteiger partial charge < -0.3 is 23.5 Å². The molecule has 6 heteroatoms. The van der Waals surface area contributed by atoms with Gasteiger partial charge in [0.2, 0.25) is 0 Å². The summed E-state index contributed by atoms with van der Waals surface area (Å²) in [6.45, 7) is 10.6. The van der Waals surface area contributed by atoms with Gasteiger partial charge in [-0.05, 0) is 277 Å². The number of rotatable bonds is 8. The van der Waals surface area contributed by atoms with Gasteiger partial charge in [-0.1, -0.05) is 351 Å². The smallest absolute Gasteiger partial charge is 0.252 e. The van der Waals surface area contributed by atoms with Gasteiger partial charge in [0, 0.05) is 83.3 Å². The Balaban J connectivity index is 0.762. The lowest BCUT2D eigenvalue weighted by molar-refractivity contribution is 0.591. The SMILES string of the molecule is [2H]c1c([2H])c([2H])c2c(c1[2H])c1c([2H])c(C(C)(C)C)c([2H])c([2H])c1n2-c1ccc2c(c1)N(c1ccccc1-c1ccc3c(c1)-c1ccccc1C31c3ccccc3-c3ccccc31)c1cc(-c3ccc4c(c3)c3ccccc3n4-c3ccccc3)cc3c1B2c1ccc(-n2c4c([2H])c([2H])c([2H])c([2H])c4c4c([2H])c(C(C)(C)C)c([2H])c([2H])c42)cc1N3c1ccccc1-c1ccc2c(c1)-c1ccccc1C21c2ccccc2-c2ccccc21. The standard InChI is InChI=1S/C130H90BN5/c1-127(2,3)83-59-68-120-102(75-83)97-43-19-30-54-117(97)133(120)86-61-65-112-122(77-86)135(114-51-27-16-34-88(114)80-56-63-110-99(71-80)94-40-14-25-49-108(94)129(110)104-45-21-10-36-90(104)91-37-11-22-46-105(91)129)124-73-82(79-58-67-119-101(70-79)96-42-18-29-53-116(96)132(119)85-32-8-7-9-33-85)74-125-126(124)131(112)113-66-62-87(134-118-55-31-20-44-98(118)103-76-84(128(4,5)6)60-69-121(103)134)78-123(113)136(125)115-52-28-17-35-89(115)81-57-64-111-100(72-81)95-41-15-26-50-109(95)130(111)106-47-23-12-38-92(106)93-39-13-24-48-107(93)130/h7-78H,1-6H3/i19D,20D,30D,31D,43D,44D,54D,55D,59D,60D,68D,69D,75D,76D. The highest BCUT2D eigenvalue weighted by atomic mass is 15.2. The fraction of sp³-hybridized carbons (Fsp3) is 0.0769. The summed E-state index contributed by atoms with van der Waals surface area (Å²) in [7, 11) is 0. The highest BCUT2D eigenvalue weighted by Crippen LogP contribution is 2.66. The lowest BCUT2D eigenvalue weighted by Gasteiger charge is -2.45. The second kappa shape index (κ2) is 28.0. The minimum Gasteiger partial charge on any atom is -0.311 e. The zero-order valence-electron chi connectivity index (χ0n) is 89.3. The third-order valence-electron chi connectivity index (χ3n) is 30.3. The van der Waals surface area contributed by atoms with E-state index in [9.17, 15) is 19.2 Å². The number of para-hydroxylation sites is 6. The zero-order valence-corrected chi connectivity index (χ0v) is 75.3. The molecule has 29 rings (SSSR count). The molecule has 136 heavy (non-hydrogen) atoms. The van der Waals surface area contributed by atoms with Crippen molar-refractivity contribution in [2.45, 2.75) is 63.2 Å². The summed E-state index contributed by atoms with van der Waals surface area (Å²) in [5.74, 6) is 0. The van der Waals surface area contributed by atoms with E-state index >= 15 is 0 Å². The minimum absolute atomic E-state index is 0.0328. The minimum atomic E-state index is -0.870. The number of nitrogens with zero attached hydrogens (tertiary/aromatic N) is 5. The summed E-state index contributed by atoms with van der Waals surface area (Å²) in [4.78, 5) is 4.74. The van der Waals surface area contributed by atoms with Crippen LogP contribution in [0.15, 0.2) is 436 Å². The van der Waals surface area contributed by atoms with Crippen molar-refractivity contribution in [3.63, 3.8) is 0 Å². The number of hydrogen-bond acceptors (Lipinski definition) is 2. The molecule has 0 radical (unpaired) electrons. The molecule has 0 fully saturated rings. The molecular weight excluding hydrogens is 1640 g/mol. The lowest BCUT2D eigenvalue weighted by atomic mass is 9.33. The monoisotopic (exact) mass is 1750 g/mol. The Morgan fingerprint density at radius 1 is 0.228 bits per heavy atom. The molecule has 6 aliphatic rings. The molecule has 0 saturated heterocycles. The predicted octanol–water partition coefficient (Wildman–Crippen LogP) is 31.3. The van der Waals surface area contributed by atoms with Crippen LogP contribution in [0.25, 0.3) is 160 Å². The van der Waals surface area contributed by atoms with Crippen LogP contribution in [0.3, 0.4) is 0 Å². The molecule has 0 amide bonds. The molecule has 5 nitrogen and oxygen atoms in total. The molecule has 23 aromatic rings. The zero-order chi connectivity index (χ0) is 102. The molecular formula is C130H90BN5. The van der Waals surface area contributed by atoms with Crippen LogP contribution in [0, 0.1) is 0 Å². The van der Waals surface area contributed by atoms with Crippen molar-refractivity contribution in [2.75, 3.05) is 9.80 Å². The van der Waals surface area contributed by atoms with Crippen molar-refractivity contribution in [3.05, 3.63) is 492 Å². The van der Waals surface area contributed by atoms with Gasteiger partial charge in [0.1, 0.15) is 0 Å². The molecule has 0 saturated carbocycles. The van der Waals surface area contributed by atoms with Gasteiger partial charge in [0.15, 0.2) is 0 Å². The average molecular weight is 1750 g/mol. The van der Waals surface area contributed by atoms with E-state index in [1.54, 1.807) is 9.13 Å². The summed E-state index contributed by atoms with van der Waals surface area (Å²) in [6.07, 6.45) is 0. The first kappa shape index (κ1) is 64.3. The Bertz CT molecular complexity index is 9540. The van der Waals surface area contributed by atoms with Crippen LogP contribution < -0.4 is 26.2 Å². The van der Waals surface area contributed by atoms with Gasteiger partial charge >= 0.3 is 0 Å². The van der Waals surface area contributed by atoms with Gasteiger partial charge in [-0.2, -0.15) is 0 Å². The van der Waals surface area contributed by atoms with Crippen molar-refractivity contribution >= 4 is 123 Å². The van der Waals surface area contributed by atoms with E-state index in [-0.39, 0.29) is 103 Å². The number of fused-ring (bicyclic) bond motifs is 33. The van der Waals surface area contributed by atoms with E-state index in [0.29, 0.717) is 22.7 Å². The van der Waals surface area contributed by atoms with Crippen molar-refractivity contribution in [1.82, 2.24) is 13.7 Å². The predicted molar refractivity (Wildman–Crippen MR) is 570 cm³/mol. The third-order valence-corrected chi connectivity index (χ3v) is 30.3. The Kier molecular flexibility index (Phi) is 13.3. The number of benzene rings is 20. The van der Waals surface area contributed by atoms with E-state index in [1.807, 2.05) is 59.7 Å². The maximum Gasteiger partial charge on any atom is 0.252 e. The normalized spacial score (nSPS) is 15.5. The van der Waals surface area contributed by atoms with Gasteiger partial charge in [-0.15, -0.1) is 0 Å². The van der Waals surface area contributed by atoms with Gasteiger partial charge in [-0.3, -0.25) is 0 Å². The number of anilines is 6. The van der Waals surface area contributed by atoms with Crippen LogP contribution in [0.4, 0.5) is 34.1 Å². The number of aromatic nitrogens is 3. The molecule has 2 spiro atoms. The summed E-state index contributed by atoms with van der Waals surface area (Å²) in [5, 5.41) is 2.37. The molecule has 0 atom stereocenters. The maximum absolute atomic E-state index is 10.5. The van der Waals surface area contributed by atoms with E-state index < -0.39 is 64.6 Å². The molecule has 5 heterocycles. The van der Waals surface area contributed by atoms with Crippen molar-refractivity contribution in [3.8, 4) is 95.0 Å². The Hall–Kier alpha value is -16.5. The summed E-state index contributed by atoms with van der Waals surface area (Å²) in [5.41, 5.74) is 31.9. The first-order chi connectivity index (χ1) is 72.6. The van der Waals surface area contributed by atoms with E-state index in [0.717, 1.165) is 133 Å². The largest absolute Gasteiger partial charge is 0.311 e. The first-order valence-electron chi connectivity index (χ1n) is 53.9. The Morgan fingerprint density at radius 3 is 1.04 bits per heavy atom. The van der Waals surface area contributed by atoms with Gasteiger partial charge in [0.25, 0.3) is 6.71 Å². The van der Waals surface area contributed by atoms with Crippen LogP contribution in [0.1, 0.15) is 116 Å². The molecule has 0 N–H and O–H groups in total. The van der Waals surface area contributed by atoms with Crippen LogP contribution in [-0.2, 0) is 21.7 Å². The van der Waals surface area contributed by atoms with E-state index in [1.165, 1.54) is 55.6 Å². The molecule has 638 valence electrons. The highest BCUT2D eigenvalue weighted by molar-refractivity contribution is 7.00. The van der Waals surface area contributed by atoms with Crippen molar-refractivity contribution in [2.24, 2.45) is 0 Å². The number of hydrogen-bond donors (Lipinski definition) is 0. The van der Waals surface area contributed by atoms with Crippen LogP contribution in [-0.4, -0.2) is 20.4 Å². The Labute approximate surface area is 810 Å². The van der Waals surface area contributed by atoms with Gasteiger partial charge in [-0.25, -0.2) is 0 Å². The fourth-order valence-electron chi connectivity index (χ4n) is 24.6. The van der Waals surface area contributed by atoms with Gasteiger partial charge in [0.05, 0.1) is 74.5 Å². The highest BCUT2D eigenvalue weighted by Gasteiger charge is 2.54. The van der Waals surface area contributed by atoms with Crippen LogP contribution in [0.5, 0.6) is 0 Å². The lowest BCUT2D eigenvalue weighted by Crippen LogP contribution is -2.61. The summed E-state index contributed by atoms with van der Waals surface area (Å²) < 4.78 is 146. The second-order valence-corrected chi connectivity index (χ2v) is 39.3. The fourth-order valence-corrected chi connectivity index (χ4v) is 24.6. The maximum atomic E-state index is 10.5. The molecule has 4 aliphatic carbocycles. The first-order valence-corrected chi connectivity index (χ1v) is 46.9. The molecule has 3 aromatic heterocycles.